The van der Waals surface area contributed by atoms with E-state index >= 15 is 0 Å². The normalized spacial score (nSPS) is 10.7. The van der Waals surface area contributed by atoms with E-state index in [2.05, 4.69) is 44.2 Å². The van der Waals surface area contributed by atoms with Crippen molar-refractivity contribution in [2.45, 2.75) is 65.2 Å². The van der Waals surface area contributed by atoms with E-state index in [1.807, 2.05) is 6.07 Å². The summed E-state index contributed by atoms with van der Waals surface area (Å²) in [5.41, 5.74) is 4.63. The number of hydrogen-bond donors (Lipinski definition) is 1. The molecule has 26 heavy (non-hydrogen) atoms. The lowest BCUT2D eigenvalue weighted by Crippen LogP contribution is -2.06. The molecule has 0 aliphatic heterocycles. The Morgan fingerprint density at radius 3 is 2.31 bits per heavy atom. The van der Waals surface area contributed by atoms with Crippen LogP contribution in [0.15, 0.2) is 42.5 Å². The summed E-state index contributed by atoms with van der Waals surface area (Å²) in [5.74, 6) is 0.469. The standard InChI is InChI=1S/C23H30O3/c1-3-5-7-8-15-21-20(16-11-17-22(21)26-23(24)25)19-14-10-9-13-18(19)12-6-4-2/h9-11,13-14,16-17H,3-8,12,15H2,1-2H3,(H,24,25). The van der Waals surface area contributed by atoms with Gasteiger partial charge in [-0.15, -0.1) is 0 Å². The second-order valence-corrected chi connectivity index (χ2v) is 6.72. The van der Waals surface area contributed by atoms with Gasteiger partial charge < -0.3 is 9.84 Å². The molecule has 3 heteroatoms. The van der Waals surface area contributed by atoms with E-state index in [4.69, 9.17) is 9.84 Å². The Labute approximate surface area is 157 Å². The fourth-order valence-electron chi connectivity index (χ4n) is 3.36. The summed E-state index contributed by atoms with van der Waals surface area (Å²) in [6.45, 7) is 4.39. The number of carboxylic acid groups (broad SMARTS) is 1. The monoisotopic (exact) mass is 354 g/mol. The highest BCUT2D eigenvalue weighted by atomic mass is 16.7. The van der Waals surface area contributed by atoms with Crippen LogP contribution in [0.3, 0.4) is 0 Å². The molecule has 2 aromatic rings. The molecule has 0 bridgehead atoms. The molecule has 1 N–H and O–H groups in total. The van der Waals surface area contributed by atoms with E-state index in [9.17, 15) is 4.79 Å². The molecular weight excluding hydrogens is 324 g/mol. The van der Waals surface area contributed by atoms with Crippen LogP contribution in [0.25, 0.3) is 11.1 Å². The van der Waals surface area contributed by atoms with Crippen LogP contribution in [0.4, 0.5) is 4.79 Å². The maximum absolute atomic E-state index is 11.1. The number of carbonyl (C=O) groups is 1. The average molecular weight is 354 g/mol. The SMILES string of the molecule is CCCCCCc1c(OC(=O)O)cccc1-c1ccccc1CCCC. The van der Waals surface area contributed by atoms with Crippen molar-refractivity contribution in [3.8, 4) is 16.9 Å². The maximum Gasteiger partial charge on any atom is 0.511 e. The molecule has 0 spiro atoms. The first-order chi connectivity index (χ1) is 12.7. The minimum Gasteiger partial charge on any atom is -0.449 e. The molecule has 140 valence electrons. The molecule has 0 aliphatic carbocycles. The first kappa shape index (κ1) is 20.0. The Morgan fingerprint density at radius 1 is 0.846 bits per heavy atom. The number of rotatable bonds is 10. The first-order valence-corrected chi connectivity index (χ1v) is 9.78. The molecular formula is C23H30O3. The first-order valence-electron chi connectivity index (χ1n) is 9.78. The topological polar surface area (TPSA) is 46.5 Å². The Hall–Kier alpha value is -2.29. The molecule has 0 heterocycles. The zero-order valence-corrected chi connectivity index (χ0v) is 16.0. The smallest absolute Gasteiger partial charge is 0.449 e. The van der Waals surface area contributed by atoms with Crippen LogP contribution < -0.4 is 4.74 Å². The van der Waals surface area contributed by atoms with E-state index in [-0.39, 0.29) is 0 Å². The lowest BCUT2D eigenvalue weighted by molar-refractivity contribution is 0.144. The summed E-state index contributed by atoms with van der Waals surface area (Å²) >= 11 is 0. The largest absolute Gasteiger partial charge is 0.511 e. The molecule has 0 fully saturated rings. The van der Waals surface area contributed by atoms with E-state index in [1.165, 1.54) is 24.0 Å². The fourth-order valence-corrected chi connectivity index (χ4v) is 3.36. The molecule has 0 aromatic heterocycles. The van der Waals surface area contributed by atoms with Gasteiger partial charge in [0.25, 0.3) is 0 Å². The minimum absolute atomic E-state index is 0.469. The maximum atomic E-state index is 11.1. The summed E-state index contributed by atoms with van der Waals surface area (Å²) in [5, 5.41) is 9.11. The average Bonchev–Trinajstić information content (AvgIpc) is 2.64. The van der Waals surface area contributed by atoms with Crippen LogP contribution in [0, 0.1) is 0 Å². The van der Waals surface area contributed by atoms with Gasteiger partial charge in [0, 0.05) is 5.56 Å². The van der Waals surface area contributed by atoms with Gasteiger partial charge in [0.05, 0.1) is 0 Å². The summed E-state index contributed by atoms with van der Waals surface area (Å²) in [6, 6.07) is 14.2. The Morgan fingerprint density at radius 2 is 1.58 bits per heavy atom. The molecule has 3 nitrogen and oxygen atoms in total. The van der Waals surface area contributed by atoms with Gasteiger partial charge in [-0.25, -0.2) is 4.79 Å². The zero-order valence-electron chi connectivity index (χ0n) is 16.0. The minimum atomic E-state index is -1.25. The van der Waals surface area contributed by atoms with Gasteiger partial charge in [0.2, 0.25) is 0 Å². The summed E-state index contributed by atoms with van der Waals surface area (Å²) in [4.78, 5) is 11.1. The number of ether oxygens (including phenoxy) is 1. The second kappa shape index (κ2) is 10.6. The highest BCUT2D eigenvalue weighted by Crippen LogP contribution is 2.35. The number of benzene rings is 2. The van der Waals surface area contributed by atoms with Gasteiger partial charge in [-0.05, 0) is 48.4 Å². The third-order valence-electron chi connectivity index (χ3n) is 4.72. The summed E-state index contributed by atoms with van der Waals surface area (Å²) in [7, 11) is 0. The highest BCUT2D eigenvalue weighted by molar-refractivity contribution is 5.74. The van der Waals surface area contributed by atoms with E-state index in [1.54, 1.807) is 6.07 Å². The van der Waals surface area contributed by atoms with E-state index in [0.717, 1.165) is 49.7 Å². The molecule has 0 amide bonds. The third kappa shape index (κ3) is 5.62. The van der Waals surface area contributed by atoms with Gasteiger partial charge in [-0.3, -0.25) is 0 Å². The van der Waals surface area contributed by atoms with Crippen molar-refractivity contribution in [1.82, 2.24) is 0 Å². The third-order valence-corrected chi connectivity index (χ3v) is 4.72. The van der Waals surface area contributed by atoms with Crippen LogP contribution >= 0.6 is 0 Å². The number of unbranched alkanes of at least 4 members (excludes halogenated alkanes) is 4. The molecule has 0 aliphatic rings. The molecule has 0 unspecified atom stereocenters. The van der Waals surface area contributed by atoms with Crippen LogP contribution in [-0.2, 0) is 12.8 Å². The van der Waals surface area contributed by atoms with Crippen molar-refractivity contribution >= 4 is 6.16 Å². The fraction of sp³-hybridized carbons (Fsp3) is 0.435. The lowest BCUT2D eigenvalue weighted by atomic mass is 9.90. The van der Waals surface area contributed by atoms with E-state index in [0.29, 0.717) is 5.75 Å². The number of hydrogen-bond acceptors (Lipinski definition) is 2. The predicted molar refractivity (Wildman–Crippen MR) is 107 cm³/mol. The predicted octanol–water partition coefficient (Wildman–Crippen LogP) is 6.88. The van der Waals surface area contributed by atoms with Crippen LogP contribution in [0.5, 0.6) is 5.75 Å². The quantitative estimate of drug-likeness (QED) is 0.287. The summed E-state index contributed by atoms with van der Waals surface area (Å²) < 4.78 is 5.10. The van der Waals surface area contributed by atoms with Crippen LogP contribution in [0.2, 0.25) is 0 Å². The van der Waals surface area contributed by atoms with Gasteiger partial charge in [0.15, 0.2) is 0 Å². The lowest BCUT2D eigenvalue weighted by Gasteiger charge is -2.17. The van der Waals surface area contributed by atoms with Crippen LogP contribution in [0.1, 0.15) is 63.5 Å². The molecule has 0 saturated heterocycles. The Bertz CT molecular complexity index is 706. The van der Waals surface area contributed by atoms with Crippen molar-refractivity contribution in [3.05, 3.63) is 53.6 Å². The molecule has 0 atom stereocenters. The van der Waals surface area contributed by atoms with Gasteiger partial charge in [0.1, 0.15) is 5.75 Å². The van der Waals surface area contributed by atoms with Crippen LogP contribution in [-0.4, -0.2) is 11.3 Å². The summed E-state index contributed by atoms with van der Waals surface area (Å²) in [6.07, 6.45) is 7.48. The second-order valence-electron chi connectivity index (χ2n) is 6.72. The van der Waals surface area contributed by atoms with Crippen molar-refractivity contribution in [2.75, 3.05) is 0 Å². The molecule has 2 rings (SSSR count). The Balaban J connectivity index is 2.41. The number of aryl methyl sites for hydroxylation is 1. The van der Waals surface area contributed by atoms with Gasteiger partial charge >= 0.3 is 6.16 Å². The highest BCUT2D eigenvalue weighted by Gasteiger charge is 2.15. The molecule has 0 radical (unpaired) electrons. The Kier molecular flexibility index (Phi) is 8.20. The van der Waals surface area contributed by atoms with E-state index < -0.39 is 6.16 Å². The van der Waals surface area contributed by atoms with Crippen molar-refractivity contribution in [3.63, 3.8) is 0 Å². The zero-order chi connectivity index (χ0) is 18.8. The van der Waals surface area contributed by atoms with Gasteiger partial charge in [-0.2, -0.15) is 0 Å². The molecule has 0 saturated carbocycles. The van der Waals surface area contributed by atoms with Gasteiger partial charge in [-0.1, -0.05) is 75.9 Å². The van der Waals surface area contributed by atoms with Crippen molar-refractivity contribution < 1.29 is 14.6 Å². The molecule has 2 aromatic carbocycles. The van der Waals surface area contributed by atoms with Crippen molar-refractivity contribution in [1.29, 1.82) is 0 Å². The van der Waals surface area contributed by atoms with Crippen molar-refractivity contribution in [2.24, 2.45) is 0 Å².